The van der Waals surface area contributed by atoms with Crippen LogP contribution in [0.2, 0.25) is 0 Å². The van der Waals surface area contributed by atoms with Crippen molar-refractivity contribution in [2.24, 2.45) is 5.73 Å². The first kappa shape index (κ1) is 13.3. The van der Waals surface area contributed by atoms with Crippen molar-refractivity contribution in [3.8, 4) is 0 Å². The summed E-state index contributed by atoms with van der Waals surface area (Å²) in [7, 11) is 0. The SMILES string of the molecule is NC(=O)OCCNC(=O)c1cc(S)ccc1F. The fourth-order valence-corrected chi connectivity index (χ4v) is 1.30. The first-order valence-corrected chi connectivity index (χ1v) is 5.14. The molecule has 0 fully saturated rings. The molecule has 7 heteroatoms. The van der Waals surface area contributed by atoms with E-state index in [1.807, 2.05) is 0 Å². The first-order valence-electron chi connectivity index (χ1n) is 4.69. The number of hydrogen-bond donors (Lipinski definition) is 3. The standard InChI is InChI=1S/C10H11FN2O3S/c11-8-2-1-6(17)5-7(8)9(14)13-3-4-16-10(12)15/h1-2,5,17H,3-4H2,(H2,12,15)(H,13,14). The molecule has 17 heavy (non-hydrogen) atoms. The summed E-state index contributed by atoms with van der Waals surface area (Å²) in [6, 6.07) is 3.89. The minimum atomic E-state index is -0.928. The molecule has 0 radical (unpaired) electrons. The van der Waals surface area contributed by atoms with Gasteiger partial charge in [0.1, 0.15) is 12.4 Å². The molecule has 2 amide bonds. The van der Waals surface area contributed by atoms with Crippen molar-refractivity contribution in [1.29, 1.82) is 0 Å². The van der Waals surface area contributed by atoms with Crippen LogP contribution in [0, 0.1) is 5.82 Å². The van der Waals surface area contributed by atoms with E-state index in [2.05, 4.69) is 22.7 Å². The molecule has 3 N–H and O–H groups in total. The summed E-state index contributed by atoms with van der Waals surface area (Å²) in [5.41, 5.74) is 4.61. The maximum Gasteiger partial charge on any atom is 0.404 e. The third-order valence-electron chi connectivity index (χ3n) is 1.83. The van der Waals surface area contributed by atoms with Gasteiger partial charge in [-0.3, -0.25) is 4.79 Å². The lowest BCUT2D eigenvalue weighted by Gasteiger charge is -2.06. The van der Waals surface area contributed by atoms with Gasteiger partial charge in [-0.25, -0.2) is 9.18 Å². The minimum absolute atomic E-state index is 0.0536. The van der Waals surface area contributed by atoms with Gasteiger partial charge in [0.05, 0.1) is 12.1 Å². The van der Waals surface area contributed by atoms with Gasteiger partial charge >= 0.3 is 6.09 Å². The molecule has 1 rings (SSSR count). The maximum atomic E-state index is 13.3. The molecule has 5 nitrogen and oxygen atoms in total. The highest BCUT2D eigenvalue weighted by atomic mass is 32.1. The summed E-state index contributed by atoms with van der Waals surface area (Å²) in [6.45, 7) is -0.0126. The quantitative estimate of drug-likeness (QED) is 0.555. The van der Waals surface area contributed by atoms with Gasteiger partial charge in [0.15, 0.2) is 0 Å². The highest BCUT2D eigenvalue weighted by molar-refractivity contribution is 7.80. The molecule has 1 aromatic rings. The fourth-order valence-electron chi connectivity index (χ4n) is 1.10. The number of thiol groups is 1. The van der Waals surface area contributed by atoms with Gasteiger partial charge in [-0.1, -0.05) is 0 Å². The van der Waals surface area contributed by atoms with Crippen molar-refractivity contribution in [1.82, 2.24) is 5.32 Å². The third kappa shape index (κ3) is 4.31. The summed E-state index contributed by atoms with van der Waals surface area (Å²) < 4.78 is 17.7. The van der Waals surface area contributed by atoms with E-state index >= 15 is 0 Å². The molecule has 0 heterocycles. The van der Waals surface area contributed by atoms with Gasteiger partial charge in [-0.05, 0) is 18.2 Å². The van der Waals surface area contributed by atoms with Gasteiger partial charge < -0.3 is 15.8 Å². The van der Waals surface area contributed by atoms with Crippen LogP contribution >= 0.6 is 12.6 Å². The number of primary amides is 1. The normalized spacial score (nSPS) is 9.76. The summed E-state index contributed by atoms with van der Waals surface area (Å²) >= 11 is 4.00. The second-order valence-electron chi connectivity index (χ2n) is 3.09. The molecule has 0 spiro atoms. The highest BCUT2D eigenvalue weighted by Crippen LogP contribution is 2.13. The molecule has 0 aliphatic heterocycles. The van der Waals surface area contributed by atoms with Gasteiger partial charge in [0, 0.05) is 4.90 Å². The topological polar surface area (TPSA) is 81.4 Å². The number of carbonyl (C=O) groups excluding carboxylic acids is 2. The summed E-state index contributed by atoms with van der Waals surface area (Å²) in [4.78, 5) is 22.2. The van der Waals surface area contributed by atoms with E-state index in [1.54, 1.807) is 0 Å². The van der Waals surface area contributed by atoms with Crippen LogP contribution in [0.3, 0.4) is 0 Å². The number of nitrogens with two attached hydrogens (primary N) is 1. The number of halogens is 1. The van der Waals surface area contributed by atoms with Crippen molar-refractivity contribution >= 4 is 24.6 Å². The van der Waals surface area contributed by atoms with E-state index in [9.17, 15) is 14.0 Å². The number of nitrogens with one attached hydrogen (secondary N) is 1. The van der Waals surface area contributed by atoms with Crippen LogP contribution in [-0.2, 0) is 4.74 Å². The Hall–Kier alpha value is -1.76. The van der Waals surface area contributed by atoms with Crippen LogP contribution in [0.15, 0.2) is 23.1 Å². The van der Waals surface area contributed by atoms with Gasteiger partial charge in [-0.2, -0.15) is 0 Å². The Bertz CT molecular complexity index is 440. The van der Waals surface area contributed by atoms with E-state index in [-0.39, 0.29) is 18.7 Å². The lowest BCUT2D eigenvalue weighted by Crippen LogP contribution is -2.29. The first-order chi connectivity index (χ1) is 8.00. The Balaban J connectivity index is 2.52. The number of amides is 2. The maximum absolute atomic E-state index is 13.3. The molecule has 1 aromatic carbocycles. The second kappa shape index (κ2) is 6.09. The Morgan fingerprint density at radius 1 is 1.47 bits per heavy atom. The van der Waals surface area contributed by atoms with Crippen LogP contribution in [0.4, 0.5) is 9.18 Å². The zero-order chi connectivity index (χ0) is 12.8. The number of rotatable bonds is 4. The monoisotopic (exact) mass is 258 g/mol. The zero-order valence-electron chi connectivity index (χ0n) is 8.77. The van der Waals surface area contributed by atoms with Crippen LogP contribution in [0.25, 0.3) is 0 Å². The molecule has 0 aliphatic carbocycles. The van der Waals surface area contributed by atoms with Crippen molar-refractivity contribution in [2.45, 2.75) is 4.90 Å². The van der Waals surface area contributed by atoms with Crippen molar-refractivity contribution in [3.05, 3.63) is 29.6 Å². The third-order valence-corrected chi connectivity index (χ3v) is 2.10. The lowest BCUT2D eigenvalue weighted by molar-refractivity contribution is 0.0932. The Morgan fingerprint density at radius 3 is 2.82 bits per heavy atom. The number of benzene rings is 1. The summed E-state index contributed by atoms with van der Waals surface area (Å²) in [5, 5.41) is 2.38. The van der Waals surface area contributed by atoms with Crippen molar-refractivity contribution in [3.63, 3.8) is 0 Å². The van der Waals surface area contributed by atoms with Crippen molar-refractivity contribution in [2.75, 3.05) is 13.2 Å². The van der Waals surface area contributed by atoms with Crippen molar-refractivity contribution < 1.29 is 18.7 Å². The van der Waals surface area contributed by atoms with E-state index in [4.69, 9.17) is 5.73 Å². The minimum Gasteiger partial charge on any atom is -0.448 e. The van der Waals surface area contributed by atoms with E-state index in [0.29, 0.717) is 4.90 Å². The molecule has 0 aromatic heterocycles. The van der Waals surface area contributed by atoms with E-state index in [0.717, 1.165) is 6.07 Å². The average Bonchev–Trinajstić information content (AvgIpc) is 2.27. The smallest absolute Gasteiger partial charge is 0.404 e. The van der Waals surface area contributed by atoms with Gasteiger partial charge in [-0.15, -0.1) is 12.6 Å². The second-order valence-corrected chi connectivity index (χ2v) is 3.60. The highest BCUT2D eigenvalue weighted by Gasteiger charge is 2.11. The fraction of sp³-hybridized carbons (Fsp3) is 0.200. The molecule has 0 saturated carbocycles. The van der Waals surface area contributed by atoms with Gasteiger partial charge in [0.2, 0.25) is 0 Å². The van der Waals surface area contributed by atoms with Crippen LogP contribution in [-0.4, -0.2) is 25.2 Å². The Labute approximate surface area is 103 Å². The predicted molar refractivity (Wildman–Crippen MR) is 61.5 cm³/mol. The molecule has 92 valence electrons. The molecule has 0 saturated heterocycles. The molecule has 0 aliphatic rings. The Kier molecular flexibility index (Phi) is 4.77. The molecular weight excluding hydrogens is 247 g/mol. The largest absolute Gasteiger partial charge is 0.448 e. The number of carbonyl (C=O) groups is 2. The van der Waals surface area contributed by atoms with Crippen LogP contribution < -0.4 is 11.1 Å². The molecular formula is C10H11FN2O3S. The van der Waals surface area contributed by atoms with Crippen LogP contribution in [0.1, 0.15) is 10.4 Å². The summed E-state index contributed by atoms with van der Waals surface area (Å²) in [6.07, 6.45) is -0.928. The summed E-state index contributed by atoms with van der Waals surface area (Å²) in [5.74, 6) is -1.25. The predicted octanol–water partition coefficient (Wildman–Crippen LogP) is 0.940. The molecule has 0 bridgehead atoms. The van der Waals surface area contributed by atoms with Crippen LogP contribution in [0.5, 0.6) is 0 Å². The van der Waals surface area contributed by atoms with Gasteiger partial charge in [0.25, 0.3) is 5.91 Å². The molecule has 0 atom stereocenters. The lowest BCUT2D eigenvalue weighted by atomic mass is 10.2. The zero-order valence-corrected chi connectivity index (χ0v) is 9.67. The number of ether oxygens (including phenoxy) is 1. The molecule has 0 unspecified atom stereocenters. The number of hydrogen-bond acceptors (Lipinski definition) is 4. The van der Waals surface area contributed by atoms with E-state index < -0.39 is 17.8 Å². The van der Waals surface area contributed by atoms with E-state index in [1.165, 1.54) is 12.1 Å². The average molecular weight is 258 g/mol. The Morgan fingerprint density at radius 2 is 2.18 bits per heavy atom.